The monoisotopic (exact) mass is 318 g/mol. The highest BCUT2D eigenvalue weighted by molar-refractivity contribution is 5.77. The summed E-state index contributed by atoms with van der Waals surface area (Å²) in [6, 6.07) is 4.02. The van der Waals surface area contributed by atoms with Crippen molar-refractivity contribution in [2.24, 2.45) is 11.7 Å². The quantitative estimate of drug-likeness (QED) is 0.901. The largest absolute Gasteiger partial charge is 0.369 e. The maximum atomic E-state index is 13.2. The topological polar surface area (TPSA) is 81.2 Å². The number of nitrogens with two attached hydrogens (primary N) is 1. The SMILES string of the molecule is NC(=O)CN1CCC(Cn2cnc3cc(F)ccc3c2=O)CC1. The molecule has 3 rings (SSSR count). The number of piperidine rings is 1. The fourth-order valence-electron chi connectivity index (χ4n) is 3.09. The van der Waals surface area contributed by atoms with Crippen molar-refractivity contribution >= 4 is 16.8 Å². The van der Waals surface area contributed by atoms with Gasteiger partial charge in [-0.3, -0.25) is 19.1 Å². The Labute approximate surface area is 132 Å². The fourth-order valence-corrected chi connectivity index (χ4v) is 3.09. The van der Waals surface area contributed by atoms with Crippen molar-refractivity contribution in [2.45, 2.75) is 19.4 Å². The zero-order chi connectivity index (χ0) is 16.4. The molecule has 0 saturated carbocycles. The van der Waals surface area contributed by atoms with Crippen LogP contribution in [0, 0.1) is 11.7 Å². The Kier molecular flexibility index (Phi) is 4.38. The van der Waals surface area contributed by atoms with Crippen LogP contribution in [0.15, 0.2) is 29.3 Å². The van der Waals surface area contributed by atoms with Gasteiger partial charge in [0.1, 0.15) is 5.82 Å². The second kappa shape index (κ2) is 6.45. The highest BCUT2D eigenvalue weighted by atomic mass is 19.1. The molecule has 0 radical (unpaired) electrons. The average Bonchev–Trinajstić information content (AvgIpc) is 2.51. The molecule has 0 unspecified atom stereocenters. The lowest BCUT2D eigenvalue weighted by molar-refractivity contribution is -0.119. The van der Waals surface area contributed by atoms with Crippen LogP contribution in [-0.4, -0.2) is 40.0 Å². The number of hydrogen-bond donors (Lipinski definition) is 1. The summed E-state index contributed by atoms with van der Waals surface area (Å²) in [7, 11) is 0. The minimum atomic E-state index is -0.399. The molecule has 0 spiro atoms. The van der Waals surface area contributed by atoms with Crippen LogP contribution in [-0.2, 0) is 11.3 Å². The molecule has 1 aromatic heterocycles. The lowest BCUT2D eigenvalue weighted by atomic mass is 9.96. The van der Waals surface area contributed by atoms with Crippen LogP contribution in [0.2, 0.25) is 0 Å². The second-order valence-corrected chi connectivity index (χ2v) is 6.05. The predicted molar refractivity (Wildman–Crippen MR) is 84.3 cm³/mol. The molecule has 122 valence electrons. The van der Waals surface area contributed by atoms with Gasteiger partial charge in [0.25, 0.3) is 5.56 Å². The first kappa shape index (κ1) is 15.6. The van der Waals surface area contributed by atoms with Crippen molar-refractivity contribution in [3.8, 4) is 0 Å². The Hall–Kier alpha value is -2.28. The number of primary amides is 1. The number of carbonyl (C=O) groups is 1. The Morgan fingerprint density at radius 2 is 2.09 bits per heavy atom. The van der Waals surface area contributed by atoms with Gasteiger partial charge in [0.2, 0.25) is 5.91 Å². The highest BCUT2D eigenvalue weighted by Crippen LogP contribution is 2.18. The molecule has 0 aliphatic carbocycles. The third-order valence-corrected chi connectivity index (χ3v) is 4.33. The predicted octanol–water partition coefficient (Wildman–Crippen LogP) is 0.733. The third-order valence-electron chi connectivity index (χ3n) is 4.33. The highest BCUT2D eigenvalue weighted by Gasteiger charge is 2.21. The van der Waals surface area contributed by atoms with Crippen LogP contribution in [0.4, 0.5) is 4.39 Å². The molecule has 1 amide bonds. The molecule has 0 atom stereocenters. The van der Waals surface area contributed by atoms with E-state index in [1.54, 1.807) is 4.57 Å². The van der Waals surface area contributed by atoms with Gasteiger partial charge in [-0.15, -0.1) is 0 Å². The van der Waals surface area contributed by atoms with E-state index in [2.05, 4.69) is 4.98 Å². The lowest BCUT2D eigenvalue weighted by Gasteiger charge is -2.31. The summed E-state index contributed by atoms with van der Waals surface area (Å²) >= 11 is 0. The molecule has 2 N–H and O–H groups in total. The van der Waals surface area contributed by atoms with E-state index in [0.717, 1.165) is 25.9 Å². The van der Waals surface area contributed by atoms with Crippen LogP contribution in [0.5, 0.6) is 0 Å². The first-order valence-corrected chi connectivity index (χ1v) is 7.68. The number of fused-ring (bicyclic) bond motifs is 1. The maximum Gasteiger partial charge on any atom is 0.261 e. The average molecular weight is 318 g/mol. The normalized spacial score (nSPS) is 16.7. The van der Waals surface area contributed by atoms with Gasteiger partial charge < -0.3 is 5.73 Å². The summed E-state index contributed by atoms with van der Waals surface area (Å²) in [5.74, 6) is -0.355. The van der Waals surface area contributed by atoms with Crippen LogP contribution >= 0.6 is 0 Å². The van der Waals surface area contributed by atoms with Gasteiger partial charge in [0.15, 0.2) is 0 Å². The zero-order valence-electron chi connectivity index (χ0n) is 12.7. The molecule has 1 aliphatic heterocycles. The van der Waals surface area contributed by atoms with Gasteiger partial charge in [-0.1, -0.05) is 0 Å². The first-order chi connectivity index (χ1) is 11.0. The van der Waals surface area contributed by atoms with Crippen molar-refractivity contribution in [1.82, 2.24) is 14.5 Å². The van der Waals surface area contributed by atoms with E-state index in [1.807, 2.05) is 4.90 Å². The summed E-state index contributed by atoms with van der Waals surface area (Å²) in [4.78, 5) is 29.6. The van der Waals surface area contributed by atoms with E-state index in [1.165, 1.54) is 24.5 Å². The van der Waals surface area contributed by atoms with Crippen molar-refractivity contribution < 1.29 is 9.18 Å². The van der Waals surface area contributed by atoms with Crippen LogP contribution in [0.3, 0.4) is 0 Å². The first-order valence-electron chi connectivity index (χ1n) is 7.68. The van der Waals surface area contributed by atoms with Crippen LogP contribution in [0.25, 0.3) is 10.9 Å². The number of amides is 1. The molecule has 7 heteroatoms. The number of halogens is 1. The Morgan fingerprint density at radius 1 is 1.35 bits per heavy atom. The molecule has 1 aliphatic rings. The van der Waals surface area contributed by atoms with Gasteiger partial charge >= 0.3 is 0 Å². The number of likely N-dealkylation sites (tertiary alicyclic amines) is 1. The molecule has 6 nitrogen and oxygen atoms in total. The molecule has 2 aromatic rings. The number of carbonyl (C=O) groups excluding carboxylic acids is 1. The molecule has 0 bridgehead atoms. The van der Waals surface area contributed by atoms with Crippen LogP contribution in [0.1, 0.15) is 12.8 Å². The van der Waals surface area contributed by atoms with Gasteiger partial charge in [-0.05, 0) is 44.0 Å². The van der Waals surface area contributed by atoms with Crippen molar-refractivity contribution in [2.75, 3.05) is 19.6 Å². The van der Waals surface area contributed by atoms with E-state index in [-0.39, 0.29) is 18.0 Å². The molecule has 2 heterocycles. The van der Waals surface area contributed by atoms with E-state index < -0.39 is 5.82 Å². The summed E-state index contributed by atoms with van der Waals surface area (Å²) in [6.07, 6.45) is 3.29. The van der Waals surface area contributed by atoms with E-state index in [9.17, 15) is 14.0 Å². The van der Waals surface area contributed by atoms with Gasteiger partial charge in [-0.2, -0.15) is 0 Å². The summed E-state index contributed by atoms with van der Waals surface area (Å²) in [6.45, 7) is 2.47. The van der Waals surface area contributed by atoms with Gasteiger partial charge in [0.05, 0.1) is 23.8 Å². The van der Waals surface area contributed by atoms with E-state index >= 15 is 0 Å². The zero-order valence-corrected chi connectivity index (χ0v) is 12.7. The summed E-state index contributed by atoms with van der Waals surface area (Å²) in [5, 5.41) is 0.431. The number of benzene rings is 1. The molecule has 23 heavy (non-hydrogen) atoms. The third kappa shape index (κ3) is 3.56. The standard InChI is InChI=1S/C16H19FN4O2/c17-12-1-2-13-14(7-12)19-10-21(16(13)23)8-11-3-5-20(6-4-11)9-15(18)22/h1-2,7,10-11H,3-6,8-9H2,(H2,18,22). The number of rotatable bonds is 4. The van der Waals surface area contributed by atoms with Crippen molar-refractivity contribution in [3.63, 3.8) is 0 Å². The Balaban J connectivity index is 1.71. The number of nitrogens with zero attached hydrogens (tertiary/aromatic N) is 3. The van der Waals surface area contributed by atoms with Crippen LogP contribution < -0.4 is 11.3 Å². The molecular weight excluding hydrogens is 299 g/mol. The summed E-state index contributed by atoms with van der Waals surface area (Å²) in [5.41, 5.74) is 5.44. The molecule has 1 saturated heterocycles. The minimum Gasteiger partial charge on any atom is -0.369 e. The Morgan fingerprint density at radius 3 is 2.78 bits per heavy atom. The summed E-state index contributed by atoms with van der Waals surface area (Å²) < 4.78 is 14.8. The smallest absolute Gasteiger partial charge is 0.261 e. The van der Waals surface area contributed by atoms with E-state index in [4.69, 9.17) is 5.73 Å². The van der Waals surface area contributed by atoms with Gasteiger partial charge in [-0.25, -0.2) is 9.37 Å². The van der Waals surface area contributed by atoms with Crippen molar-refractivity contribution in [3.05, 3.63) is 40.7 Å². The second-order valence-electron chi connectivity index (χ2n) is 6.05. The number of hydrogen-bond acceptors (Lipinski definition) is 4. The Bertz CT molecular complexity index is 781. The molecule has 1 fully saturated rings. The molecule has 1 aromatic carbocycles. The van der Waals surface area contributed by atoms with E-state index in [0.29, 0.717) is 23.4 Å². The fraction of sp³-hybridized carbons (Fsp3) is 0.438. The minimum absolute atomic E-state index is 0.144. The van der Waals surface area contributed by atoms with Crippen molar-refractivity contribution in [1.29, 1.82) is 0 Å². The van der Waals surface area contributed by atoms with Gasteiger partial charge in [0, 0.05) is 12.6 Å². The maximum absolute atomic E-state index is 13.2. The number of aromatic nitrogens is 2. The molecular formula is C16H19FN4O2. The lowest BCUT2D eigenvalue weighted by Crippen LogP contribution is -2.40.